The molecule has 1 N–H and O–H groups in total. The maximum atomic E-state index is 9.94. The second-order valence-electron chi connectivity index (χ2n) is 5.83. The highest BCUT2D eigenvalue weighted by Gasteiger charge is 2.41. The van der Waals surface area contributed by atoms with Gasteiger partial charge in [-0.05, 0) is 18.4 Å². The van der Waals surface area contributed by atoms with Crippen molar-refractivity contribution in [1.29, 1.82) is 0 Å². The summed E-state index contributed by atoms with van der Waals surface area (Å²) in [4.78, 5) is 0. The highest BCUT2D eigenvalue weighted by atomic mass is 16.3. The highest BCUT2D eigenvalue weighted by molar-refractivity contribution is 5.27. The largest absolute Gasteiger partial charge is 0.390 e. The first kappa shape index (κ1) is 10.7. The van der Waals surface area contributed by atoms with E-state index < -0.39 is 5.60 Å². The molecule has 0 aromatic carbocycles. The summed E-state index contributed by atoms with van der Waals surface area (Å²) in [6.07, 6.45) is 4.67. The number of aliphatic hydroxyl groups is 1. The molecule has 0 saturated heterocycles. The lowest BCUT2D eigenvalue weighted by Gasteiger charge is -2.18. The molecule has 1 saturated carbocycles. The minimum Gasteiger partial charge on any atom is -0.390 e. The number of nitrogens with zero attached hydrogens (tertiary/aromatic N) is 2. The number of hydrogen-bond donors (Lipinski definition) is 1. The Hall–Kier alpha value is -0.830. The first-order valence-electron chi connectivity index (χ1n) is 5.56. The Bertz CT molecular complexity index is 369. The normalized spacial score (nSPS) is 19.3. The van der Waals surface area contributed by atoms with Gasteiger partial charge in [-0.15, -0.1) is 0 Å². The summed E-state index contributed by atoms with van der Waals surface area (Å²) < 4.78 is 1.85. The molecule has 0 atom stereocenters. The monoisotopic (exact) mass is 208 g/mol. The van der Waals surface area contributed by atoms with E-state index in [1.54, 1.807) is 0 Å². The third-order valence-corrected chi connectivity index (χ3v) is 2.96. The summed E-state index contributed by atoms with van der Waals surface area (Å²) >= 11 is 0. The standard InChI is InChI=1S/C12H20N2O/c1-11(2,3)10-9(8-14(4)13-10)7-12(15)5-6-12/h8,15H,5-7H2,1-4H3. The molecule has 1 aliphatic rings. The molecule has 0 unspecified atom stereocenters. The van der Waals surface area contributed by atoms with Crippen molar-refractivity contribution in [2.45, 2.75) is 51.0 Å². The van der Waals surface area contributed by atoms with E-state index >= 15 is 0 Å². The van der Waals surface area contributed by atoms with Crippen LogP contribution in [0, 0.1) is 0 Å². The van der Waals surface area contributed by atoms with Crippen LogP contribution >= 0.6 is 0 Å². The van der Waals surface area contributed by atoms with Crippen molar-refractivity contribution >= 4 is 0 Å². The van der Waals surface area contributed by atoms with Gasteiger partial charge in [0.05, 0.1) is 11.3 Å². The van der Waals surface area contributed by atoms with Crippen LogP contribution in [-0.4, -0.2) is 20.5 Å². The Morgan fingerprint density at radius 3 is 2.53 bits per heavy atom. The van der Waals surface area contributed by atoms with Crippen molar-refractivity contribution in [3.05, 3.63) is 17.5 Å². The van der Waals surface area contributed by atoms with E-state index in [9.17, 15) is 5.11 Å². The van der Waals surface area contributed by atoms with Gasteiger partial charge in [-0.3, -0.25) is 4.68 Å². The molecule has 1 heterocycles. The third-order valence-electron chi connectivity index (χ3n) is 2.96. The maximum Gasteiger partial charge on any atom is 0.0710 e. The predicted molar refractivity (Wildman–Crippen MR) is 59.8 cm³/mol. The first-order chi connectivity index (χ1) is 6.80. The van der Waals surface area contributed by atoms with Gasteiger partial charge >= 0.3 is 0 Å². The summed E-state index contributed by atoms with van der Waals surface area (Å²) in [6.45, 7) is 6.49. The average molecular weight is 208 g/mol. The van der Waals surface area contributed by atoms with Crippen molar-refractivity contribution < 1.29 is 5.11 Å². The van der Waals surface area contributed by atoms with Crippen molar-refractivity contribution in [1.82, 2.24) is 9.78 Å². The van der Waals surface area contributed by atoms with E-state index in [0.29, 0.717) is 0 Å². The van der Waals surface area contributed by atoms with Crippen LogP contribution in [0.25, 0.3) is 0 Å². The van der Waals surface area contributed by atoms with E-state index in [0.717, 1.165) is 25.0 Å². The van der Waals surface area contributed by atoms with Gasteiger partial charge in [0.2, 0.25) is 0 Å². The van der Waals surface area contributed by atoms with Crippen LogP contribution in [0.2, 0.25) is 0 Å². The maximum absolute atomic E-state index is 9.94. The predicted octanol–water partition coefficient (Wildman–Crippen LogP) is 1.78. The Morgan fingerprint density at radius 1 is 1.47 bits per heavy atom. The Morgan fingerprint density at radius 2 is 2.07 bits per heavy atom. The van der Waals surface area contributed by atoms with E-state index in [1.165, 1.54) is 5.56 Å². The fourth-order valence-electron chi connectivity index (χ4n) is 1.97. The fourth-order valence-corrected chi connectivity index (χ4v) is 1.97. The van der Waals surface area contributed by atoms with Gasteiger partial charge in [-0.1, -0.05) is 20.8 Å². The second kappa shape index (κ2) is 3.08. The molecule has 0 bridgehead atoms. The molecule has 1 aliphatic carbocycles. The van der Waals surface area contributed by atoms with E-state index in [1.807, 2.05) is 17.9 Å². The second-order valence-corrected chi connectivity index (χ2v) is 5.83. The van der Waals surface area contributed by atoms with Gasteiger partial charge in [0.15, 0.2) is 0 Å². The van der Waals surface area contributed by atoms with Gasteiger partial charge in [-0.25, -0.2) is 0 Å². The van der Waals surface area contributed by atoms with Gasteiger partial charge in [0, 0.05) is 25.1 Å². The fraction of sp³-hybridized carbons (Fsp3) is 0.750. The lowest BCUT2D eigenvalue weighted by atomic mass is 9.88. The summed E-state index contributed by atoms with van der Waals surface area (Å²) in [5, 5.41) is 14.4. The van der Waals surface area contributed by atoms with Crippen molar-refractivity contribution in [3.63, 3.8) is 0 Å². The summed E-state index contributed by atoms with van der Waals surface area (Å²) in [7, 11) is 1.94. The van der Waals surface area contributed by atoms with Crippen molar-refractivity contribution in [2.24, 2.45) is 7.05 Å². The van der Waals surface area contributed by atoms with Gasteiger partial charge < -0.3 is 5.11 Å². The summed E-state index contributed by atoms with van der Waals surface area (Å²) in [5.74, 6) is 0. The van der Waals surface area contributed by atoms with Gasteiger partial charge in [-0.2, -0.15) is 5.10 Å². The van der Waals surface area contributed by atoms with Crippen molar-refractivity contribution in [3.8, 4) is 0 Å². The third kappa shape index (κ3) is 2.23. The van der Waals surface area contributed by atoms with Crippen LogP contribution in [0.3, 0.4) is 0 Å². The number of hydrogen-bond acceptors (Lipinski definition) is 2. The number of aryl methyl sites for hydroxylation is 1. The van der Waals surface area contributed by atoms with E-state index in [4.69, 9.17) is 0 Å². The molecule has 0 spiro atoms. The van der Waals surface area contributed by atoms with Gasteiger partial charge in [0.1, 0.15) is 0 Å². The lowest BCUT2D eigenvalue weighted by molar-refractivity contribution is 0.150. The highest BCUT2D eigenvalue weighted by Crippen LogP contribution is 2.40. The summed E-state index contributed by atoms with van der Waals surface area (Å²) in [5.41, 5.74) is 1.94. The zero-order valence-electron chi connectivity index (χ0n) is 10.0. The summed E-state index contributed by atoms with van der Waals surface area (Å²) in [6, 6.07) is 0. The van der Waals surface area contributed by atoms with Crippen LogP contribution in [0.4, 0.5) is 0 Å². The SMILES string of the molecule is Cn1cc(CC2(O)CC2)c(C(C)(C)C)n1. The first-order valence-corrected chi connectivity index (χ1v) is 5.56. The molecule has 1 aromatic rings. The molecular formula is C12H20N2O. The lowest BCUT2D eigenvalue weighted by Crippen LogP contribution is -2.18. The van der Waals surface area contributed by atoms with E-state index in [2.05, 4.69) is 25.9 Å². The number of rotatable bonds is 2. The van der Waals surface area contributed by atoms with Crippen LogP contribution in [0.15, 0.2) is 6.20 Å². The molecule has 1 fully saturated rings. The molecule has 0 radical (unpaired) electrons. The molecule has 15 heavy (non-hydrogen) atoms. The van der Waals surface area contributed by atoms with Gasteiger partial charge in [0.25, 0.3) is 0 Å². The zero-order chi connectivity index (χ0) is 11.3. The molecule has 0 amide bonds. The topological polar surface area (TPSA) is 38.0 Å². The smallest absolute Gasteiger partial charge is 0.0710 e. The molecular weight excluding hydrogens is 188 g/mol. The molecule has 1 aromatic heterocycles. The zero-order valence-corrected chi connectivity index (χ0v) is 10.0. The quantitative estimate of drug-likeness (QED) is 0.804. The van der Waals surface area contributed by atoms with Crippen molar-refractivity contribution in [2.75, 3.05) is 0 Å². The van der Waals surface area contributed by atoms with Crippen LogP contribution in [0.5, 0.6) is 0 Å². The van der Waals surface area contributed by atoms with Crippen LogP contribution < -0.4 is 0 Å². The van der Waals surface area contributed by atoms with Crippen LogP contribution in [-0.2, 0) is 18.9 Å². The van der Waals surface area contributed by atoms with E-state index in [-0.39, 0.29) is 5.41 Å². The minimum atomic E-state index is -0.428. The molecule has 84 valence electrons. The average Bonchev–Trinajstić information content (AvgIpc) is 2.64. The van der Waals surface area contributed by atoms with Crippen LogP contribution in [0.1, 0.15) is 44.9 Å². The molecule has 3 nitrogen and oxygen atoms in total. The minimum absolute atomic E-state index is 0.0574. The Labute approximate surface area is 91.1 Å². The molecule has 0 aliphatic heterocycles. The molecule has 2 rings (SSSR count). The Balaban J connectivity index is 2.29. The molecule has 3 heteroatoms. The Kier molecular flexibility index (Phi) is 2.19. The number of aromatic nitrogens is 2.